The van der Waals surface area contributed by atoms with Gasteiger partial charge in [-0.3, -0.25) is 9.97 Å². The maximum Gasteiger partial charge on any atom is 0.146 e. The lowest BCUT2D eigenvalue weighted by atomic mass is 10.0. The first-order chi connectivity index (χ1) is 11.9. The smallest absolute Gasteiger partial charge is 0.146 e. The Morgan fingerprint density at radius 1 is 0.800 bits per heavy atom. The Balaban J connectivity index is 1.91. The third-order valence-corrected chi connectivity index (χ3v) is 4.57. The van der Waals surface area contributed by atoms with Gasteiger partial charge in [-0.05, 0) is 19.3 Å². The van der Waals surface area contributed by atoms with E-state index in [1.54, 1.807) is 0 Å². The van der Waals surface area contributed by atoms with Crippen molar-refractivity contribution in [1.82, 2.24) is 19.9 Å². The standard InChI is InChI=1S/C19H30N6/c1-7-24(5)18-12-21-17(11-23-18)15(4)8-9-25(6)19-13-20-16(10-22-19)14(2)3/h10-15H,7-9H2,1-6H3. The molecule has 1 unspecified atom stereocenters. The van der Waals surface area contributed by atoms with Gasteiger partial charge in [0, 0.05) is 33.1 Å². The van der Waals surface area contributed by atoms with Crippen LogP contribution in [0.2, 0.25) is 0 Å². The fourth-order valence-electron chi connectivity index (χ4n) is 2.42. The molecule has 0 bridgehead atoms. The quantitative estimate of drug-likeness (QED) is 0.732. The minimum absolute atomic E-state index is 0.346. The van der Waals surface area contributed by atoms with Crippen LogP contribution in [0.25, 0.3) is 0 Å². The average molecular weight is 342 g/mol. The Morgan fingerprint density at radius 3 is 1.84 bits per heavy atom. The fraction of sp³-hybridized carbons (Fsp3) is 0.579. The van der Waals surface area contributed by atoms with Gasteiger partial charge in [-0.25, -0.2) is 9.97 Å². The summed E-state index contributed by atoms with van der Waals surface area (Å²) in [5.41, 5.74) is 2.06. The molecule has 0 radical (unpaired) electrons. The normalized spacial score (nSPS) is 12.3. The van der Waals surface area contributed by atoms with Gasteiger partial charge < -0.3 is 9.80 Å². The van der Waals surface area contributed by atoms with Crippen LogP contribution < -0.4 is 9.80 Å². The SMILES string of the molecule is CCN(C)c1cnc(C(C)CCN(C)c2cnc(C(C)C)cn2)cn1. The van der Waals surface area contributed by atoms with E-state index in [4.69, 9.17) is 0 Å². The zero-order chi connectivity index (χ0) is 18.4. The predicted molar refractivity (Wildman–Crippen MR) is 103 cm³/mol. The molecule has 25 heavy (non-hydrogen) atoms. The summed E-state index contributed by atoms with van der Waals surface area (Å²) in [7, 11) is 4.07. The van der Waals surface area contributed by atoms with Crippen molar-refractivity contribution in [2.24, 2.45) is 0 Å². The second-order valence-electron chi connectivity index (χ2n) is 6.88. The number of aromatic nitrogens is 4. The summed E-state index contributed by atoms with van der Waals surface area (Å²) in [5, 5.41) is 0. The number of rotatable bonds is 8. The van der Waals surface area contributed by atoms with E-state index in [-0.39, 0.29) is 0 Å². The minimum Gasteiger partial charge on any atom is -0.359 e. The Bertz CT molecular complexity index is 638. The van der Waals surface area contributed by atoms with Crippen LogP contribution in [0.3, 0.4) is 0 Å². The number of anilines is 2. The van der Waals surface area contributed by atoms with Crippen molar-refractivity contribution in [2.45, 2.75) is 46.0 Å². The maximum absolute atomic E-state index is 4.58. The first-order valence-corrected chi connectivity index (χ1v) is 8.98. The number of nitrogens with zero attached hydrogens (tertiary/aromatic N) is 6. The summed E-state index contributed by atoms with van der Waals surface area (Å²) in [5.74, 6) is 2.57. The highest BCUT2D eigenvalue weighted by atomic mass is 15.2. The van der Waals surface area contributed by atoms with E-state index in [0.717, 1.165) is 42.5 Å². The van der Waals surface area contributed by atoms with E-state index in [2.05, 4.69) is 64.5 Å². The van der Waals surface area contributed by atoms with Crippen molar-refractivity contribution in [3.8, 4) is 0 Å². The Labute approximate surface area is 151 Å². The number of hydrogen-bond acceptors (Lipinski definition) is 6. The van der Waals surface area contributed by atoms with Gasteiger partial charge >= 0.3 is 0 Å². The summed E-state index contributed by atoms with van der Waals surface area (Å²) < 4.78 is 0. The van der Waals surface area contributed by atoms with E-state index in [9.17, 15) is 0 Å². The van der Waals surface area contributed by atoms with Crippen LogP contribution in [0.4, 0.5) is 11.6 Å². The van der Waals surface area contributed by atoms with E-state index >= 15 is 0 Å². The minimum atomic E-state index is 0.346. The molecule has 2 aromatic rings. The van der Waals surface area contributed by atoms with Crippen molar-refractivity contribution in [2.75, 3.05) is 37.0 Å². The van der Waals surface area contributed by atoms with Gasteiger partial charge in [0.2, 0.25) is 0 Å². The zero-order valence-electron chi connectivity index (χ0n) is 16.3. The van der Waals surface area contributed by atoms with Crippen LogP contribution in [0.15, 0.2) is 24.8 Å². The summed E-state index contributed by atoms with van der Waals surface area (Å²) in [6.45, 7) is 10.4. The molecule has 2 aromatic heterocycles. The third kappa shape index (κ3) is 5.11. The van der Waals surface area contributed by atoms with Gasteiger partial charge in [-0.2, -0.15) is 0 Å². The molecule has 0 saturated carbocycles. The van der Waals surface area contributed by atoms with Gasteiger partial charge in [-0.15, -0.1) is 0 Å². The monoisotopic (exact) mass is 342 g/mol. The van der Waals surface area contributed by atoms with E-state index in [1.807, 2.05) is 31.8 Å². The summed E-state index contributed by atoms with van der Waals surface area (Å²) >= 11 is 0. The molecule has 136 valence electrons. The molecular weight excluding hydrogens is 312 g/mol. The summed E-state index contributed by atoms with van der Waals surface area (Å²) in [6.07, 6.45) is 8.46. The molecule has 2 rings (SSSR count). The predicted octanol–water partition coefficient (Wildman–Crippen LogP) is 3.48. The van der Waals surface area contributed by atoms with Crippen LogP contribution in [-0.4, -0.2) is 47.1 Å². The van der Waals surface area contributed by atoms with Crippen LogP contribution in [0.5, 0.6) is 0 Å². The second kappa shape index (κ2) is 8.74. The molecule has 0 N–H and O–H groups in total. The van der Waals surface area contributed by atoms with Gasteiger partial charge in [0.05, 0.1) is 36.2 Å². The summed E-state index contributed by atoms with van der Waals surface area (Å²) in [4.78, 5) is 22.3. The molecule has 0 saturated heterocycles. The van der Waals surface area contributed by atoms with Gasteiger partial charge in [0.15, 0.2) is 0 Å². The molecule has 1 atom stereocenters. The van der Waals surface area contributed by atoms with Crippen LogP contribution >= 0.6 is 0 Å². The van der Waals surface area contributed by atoms with Gasteiger partial charge in [0.1, 0.15) is 11.6 Å². The first-order valence-electron chi connectivity index (χ1n) is 8.98. The van der Waals surface area contributed by atoms with Crippen molar-refractivity contribution in [3.63, 3.8) is 0 Å². The van der Waals surface area contributed by atoms with Crippen LogP contribution in [-0.2, 0) is 0 Å². The molecule has 0 aliphatic heterocycles. The van der Waals surface area contributed by atoms with Crippen molar-refractivity contribution in [3.05, 3.63) is 36.2 Å². The van der Waals surface area contributed by atoms with Crippen LogP contribution in [0.1, 0.15) is 57.3 Å². The molecule has 0 aromatic carbocycles. The Kier molecular flexibility index (Phi) is 6.67. The highest BCUT2D eigenvalue weighted by Crippen LogP contribution is 2.19. The van der Waals surface area contributed by atoms with E-state index in [0.29, 0.717) is 11.8 Å². The molecule has 2 heterocycles. The van der Waals surface area contributed by atoms with E-state index < -0.39 is 0 Å². The zero-order valence-corrected chi connectivity index (χ0v) is 16.3. The van der Waals surface area contributed by atoms with Gasteiger partial charge in [0.25, 0.3) is 0 Å². The highest BCUT2D eigenvalue weighted by molar-refractivity contribution is 5.35. The number of hydrogen-bond donors (Lipinski definition) is 0. The average Bonchev–Trinajstić information content (AvgIpc) is 2.65. The largest absolute Gasteiger partial charge is 0.359 e. The fourth-order valence-corrected chi connectivity index (χ4v) is 2.42. The highest BCUT2D eigenvalue weighted by Gasteiger charge is 2.12. The van der Waals surface area contributed by atoms with Crippen LogP contribution in [0, 0.1) is 0 Å². The van der Waals surface area contributed by atoms with E-state index in [1.165, 1.54) is 0 Å². The van der Waals surface area contributed by atoms with Crippen molar-refractivity contribution < 1.29 is 0 Å². The topological polar surface area (TPSA) is 58.0 Å². The molecule has 6 nitrogen and oxygen atoms in total. The molecule has 0 fully saturated rings. The Hall–Kier alpha value is -2.24. The molecule has 0 spiro atoms. The second-order valence-corrected chi connectivity index (χ2v) is 6.88. The Morgan fingerprint density at radius 2 is 1.36 bits per heavy atom. The maximum atomic E-state index is 4.58. The van der Waals surface area contributed by atoms with Crippen molar-refractivity contribution in [1.29, 1.82) is 0 Å². The lowest BCUT2D eigenvalue weighted by Crippen LogP contribution is -2.22. The molecular formula is C19H30N6. The molecule has 0 amide bonds. The lowest BCUT2D eigenvalue weighted by Gasteiger charge is -2.21. The summed E-state index contributed by atoms with van der Waals surface area (Å²) in [6, 6.07) is 0. The third-order valence-electron chi connectivity index (χ3n) is 4.57. The van der Waals surface area contributed by atoms with Crippen molar-refractivity contribution >= 4 is 11.6 Å². The lowest BCUT2D eigenvalue weighted by molar-refractivity contribution is 0.646. The molecule has 6 heteroatoms. The van der Waals surface area contributed by atoms with Gasteiger partial charge in [-0.1, -0.05) is 20.8 Å². The molecule has 0 aliphatic rings. The first kappa shape index (κ1) is 19.1. The molecule has 0 aliphatic carbocycles.